The van der Waals surface area contributed by atoms with E-state index >= 15 is 0 Å². The van der Waals surface area contributed by atoms with Gasteiger partial charge in [-0.25, -0.2) is 0 Å². The Labute approximate surface area is 100 Å². The zero-order valence-electron chi connectivity index (χ0n) is 10.2. The minimum atomic E-state index is -0.502. The Kier molecular flexibility index (Phi) is 5.65. The minimum Gasteiger partial charge on any atom is -0.385 e. The van der Waals surface area contributed by atoms with Crippen LogP contribution in [0.15, 0.2) is 10.6 Å². The van der Waals surface area contributed by atoms with E-state index in [-0.39, 0.29) is 5.91 Å². The number of aryl methyl sites for hydroxylation is 1. The summed E-state index contributed by atoms with van der Waals surface area (Å²) in [5.41, 5.74) is 6.41. The van der Waals surface area contributed by atoms with Gasteiger partial charge in [-0.05, 0) is 19.8 Å². The molecule has 1 aromatic heterocycles. The van der Waals surface area contributed by atoms with E-state index in [1.54, 1.807) is 20.1 Å². The van der Waals surface area contributed by atoms with Gasteiger partial charge in [0, 0.05) is 19.8 Å². The molecule has 17 heavy (non-hydrogen) atoms. The number of hydrogen-bond acceptors (Lipinski definition) is 5. The average molecular weight is 241 g/mol. The third kappa shape index (κ3) is 4.97. The van der Waals surface area contributed by atoms with Crippen molar-refractivity contribution in [2.45, 2.75) is 32.4 Å². The largest absolute Gasteiger partial charge is 0.385 e. The molecular weight excluding hydrogens is 222 g/mol. The van der Waals surface area contributed by atoms with Gasteiger partial charge in [-0.15, -0.1) is 0 Å². The van der Waals surface area contributed by atoms with Crippen LogP contribution in [0.2, 0.25) is 0 Å². The van der Waals surface area contributed by atoms with Crippen LogP contribution in [0.25, 0.3) is 0 Å². The van der Waals surface area contributed by atoms with Crippen molar-refractivity contribution in [2.24, 2.45) is 5.73 Å². The summed E-state index contributed by atoms with van der Waals surface area (Å²) in [6, 6.07) is 1.27. The van der Waals surface area contributed by atoms with E-state index < -0.39 is 6.04 Å². The Bertz CT molecular complexity index is 351. The highest BCUT2D eigenvalue weighted by atomic mass is 16.5. The lowest BCUT2D eigenvalue weighted by molar-refractivity contribution is -0.122. The molecule has 1 aromatic rings. The van der Waals surface area contributed by atoms with Crippen molar-refractivity contribution in [1.82, 2.24) is 10.5 Å². The second-order valence-electron chi connectivity index (χ2n) is 3.89. The molecule has 0 aromatic carbocycles. The molecule has 0 spiro atoms. The minimum absolute atomic E-state index is 0.179. The van der Waals surface area contributed by atoms with Gasteiger partial charge >= 0.3 is 0 Å². The van der Waals surface area contributed by atoms with E-state index in [2.05, 4.69) is 10.5 Å². The van der Waals surface area contributed by atoms with Gasteiger partial charge in [-0.3, -0.25) is 4.79 Å². The topological polar surface area (TPSA) is 90.4 Å². The van der Waals surface area contributed by atoms with Crippen LogP contribution >= 0.6 is 0 Å². The maximum atomic E-state index is 11.6. The summed E-state index contributed by atoms with van der Waals surface area (Å²) in [7, 11) is 1.62. The number of nitrogens with one attached hydrogen (secondary N) is 1. The standard InChI is InChI=1S/C11H19N3O3/c1-8-6-9(14-17-8)7-13-11(15)10(12)4-3-5-16-2/h6,10H,3-5,7,12H2,1-2H3,(H,13,15). The normalized spacial score (nSPS) is 12.4. The highest BCUT2D eigenvalue weighted by Crippen LogP contribution is 2.01. The number of nitrogens with zero attached hydrogens (tertiary/aromatic N) is 1. The lowest BCUT2D eigenvalue weighted by Crippen LogP contribution is -2.40. The molecule has 3 N–H and O–H groups in total. The van der Waals surface area contributed by atoms with E-state index in [0.29, 0.717) is 25.3 Å². The van der Waals surface area contributed by atoms with Crippen LogP contribution in [0.5, 0.6) is 0 Å². The van der Waals surface area contributed by atoms with Crippen LogP contribution < -0.4 is 11.1 Å². The molecule has 1 amide bonds. The van der Waals surface area contributed by atoms with E-state index in [9.17, 15) is 4.79 Å². The monoisotopic (exact) mass is 241 g/mol. The molecule has 1 rings (SSSR count). The fourth-order valence-electron chi connectivity index (χ4n) is 1.39. The summed E-state index contributed by atoms with van der Waals surface area (Å²) in [6.07, 6.45) is 1.38. The van der Waals surface area contributed by atoms with Gasteiger partial charge in [-0.1, -0.05) is 5.16 Å². The predicted molar refractivity (Wildman–Crippen MR) is 62.2 cm³/mol. The first-order chi connectivity index (χ1) is 8.13. The van der Waals surface area contributed by atoms with Crippen LogP contribution in [-0.2, 0) is 16.1 Å². The zero-order valence-corrected chi connectivity index (χ0v) is 10.2. The number of carbonyl (C=O) groups is 1. The molecule has 0 aliphatic carbocycles. The summed E-state index contributed by atoms with van der Waals surface area (Å²) in [5.74, 6) is 0.542. The van der Waals surface area contributed by atoms with Crippen LogP contribution in [-0.4, -0.2) is 30.8 Å². The fraction of sp³-hybridized carbons (Fsp3) is 0.636. The van der Waals surface area contributed by atoms with Crippen molar-refractivity contribution < 1.29 is 14.1 Å². The lowest BCUT2D eigenvalue weighted by Gasteiger charge is -2.10. The summed E-state index contributed by atoms with van der Waals surface area (Å²) < 4.78 is 9.78. The van der Waals surface area contributed by atoms with Gasteiger partial charge in [0.25, 0.3) is 0 Å². The first-order valence-electron chi connectivity index (χ1n) is 5.58. The van der Waals surface area contributed by atoms with E-state index in [4.69, 9.17) is 15.0 Å². The van der Waals surface area contributed by atoms with Crippen molar-refractivity contribution in [3.63, 3.8) is 0 Å². The smallest absolute Gasteiger partial charge is 0.237 e. The molecule has 1 heterocycles. The molecule has 0 fully saturated rings. The fourth-order valence-corrected chi connectivity index (χ4v) is 1.39. The summed E-state index contributed by atoms with van der Waals surface area (Å²) >= 11 is 0. The Morgan fingerprint density at radius 2 is 2.47 bits per heavy atom. The van der Waals surface area contributed by atoms with Gasteiger partial charge in [0.05, 0.1) is 12.6 Å². The average Bonchev–Trinajstić information content (AvgIpc) is 2.72. The molecule has 6 heteroatoms. The van der Waals surface area contributed by atoms with Crippen molar-refractivity contribution in [3.05, 3.63) is 17.5 Å². The Morgan fingerprint density at radius 1 is 1.71 bits per heavy atom. The van der Waals surface area contributed by atoms with E-state index in [0.717, 1.165) is 12.2 Å². The van der Waals surface area contributed by atoms with Crippen LogP contribution in [0, 0.1) is 6.92 Å². The second kappa shape index (κ2) is 7.03. The number of aromatic nitrogens is 1. The molecular formula is C11H19N3O3. The molecule has 1 atom stereocenters. The Morgan fingerprint density at radius 3 is 3.06 bits per heavy atom. The molecule has 1 unspecified atom stereocenters. The van der Waals surface area contributed by atoms with Crippen molar-refractivity contribution in [2.75, 3.05) is 13.7 Å². The molecule has 6 nitrogen and oxygen atoms in total. The second-order valence-corrected chi connectivity index (χ2v) is 3.89. The van der Waals surface area contributed by atoms with Crippen LogP contribution in [0.4, 0.5) is 0 Å². The highest BCUT2D eigenvalue weighted by Gasteiger charge is 2.13. The Hall–Kier alpha value is -1.40. The molecule has 0 saturated heterocycles. The van der Waals surface area contributed by atoms with Gasteiger partial charge in [-0.2, -0.15) is 0 Å². The highest BCUT2D eigenvalue weighted by molar-refractivity contribution is 5.81. The van der Waals surface area contributed by atoms with Crippen molar-refractivity contribution in [3.8, 4) is 0 Å². The summed E-state index contributed by atoms with van der Waals surface area (Å²) in [5, 5.41) is 6.48. The maximum Gasteiger partial charge on any atom is 0.237 e. The van der Waals surface area contributed by atoms with Gasteiger partial charge in [0.1, 0.15) is 11.5 Å². The SMILES string of the molecule is COCCCC(N)C(=O)NCc1cc(C)on1. The predicted octanol–water partition coefficient (Wildman–Crippen LogP) is 0.353. The number of amides is 1. The van der Waals surface area contributed by atoms with Gasteiger partial charge < -0.3 is 20.3 Å². The zero-order chi connectivity index (χ0) is 12.7. The lowest BCUT2D eigenvalue weighted by atomic mass is 10.1. The first kappa shape index (κ1) is 13.7. The van der Waals surface area contributed by atoms with Crippen LogP contribution in [0.3, 0.4) is 0 Å². The molecule has 0 radical (unpaired) electrons. The summed E-state index contributed by atoms with van der Waals surface area (Å²) in [6.45, 7) is 2.76. The molecule has 0 aliphatic rings. The van der Waals surface area contributed by atoms with Crippen molar-refractivity contribution >= 4 is 5.91 Å². The number of rotatable bonds is 7. The van der Waals surface area contributed by atoms with E-state index in [1.165, 1.54) is 0 Å². The summed E-state index contributed by atoms with van der Waals surface area (Å²) in [4.78, 5) is 11.6. The van der Waals surface area contributed by atoms with E-state index in [1.807, 2.05) is 0 Å². The molecule has 0 saturated carbocycles. The molecule has 0 bridgehead atoms. The third-order valence-electron chi connectivity index (χ3n) is 2.32. The number of carbonyl (C=O) groups excluding carboxylic acids is 1. The Balaban J connectivity index is 2.24. The van der Waals surface area contributed by atoms with Crippen molar-refractivity contribution in [1.29, 1.82) is 0 Å². The first-order valence-corrected chi connectivity index (χ1v) is 5.58. The van der Waals surface area contributed by atoms with Gasteiger partial charge in [0.15, 0.2) is 0 Å². The van der Waals surface area contributed by atoms with Crippen LogP contribution in [0.1, 0.15) is 24.3 Å². The van der Waals surface area contributed by atoms with Gasteiger partial charge in [0.2, 0.25) is 5.91 Å². The number of nitrogens with two attached hydrogens (primary N) is 1. The number of ether oxygens (including phenoxy) is 1. The number of hydrogen-bond donors (Lipinski definition) is 2. The maximum absolute atomic E-state index is 11.6. The quantitative estimate of drug-likeness (QED) is 0.672. The molecule has 96 valence electrons. The molecule has 0 aliphatic heterocycles. The number of methoxy groups -OCH3 is 1. The third-order valence-corrected chi connectivity index (χ3v) is 2.32.